The van der Waals surface area contributed by atoms with E-state index in [2.05, 4.69) is 0 Å². The van der Waals surface area contributed by atoms with Gasteiger partial charge in [0, 0.05) is 11.1 Å². The average Bonchev–Trinajstić information content (AvgIpc) is 2.76. The summed E-state index contributed by atoms with van der Waals surface area (Å²) in [5, 5.41) is 30.0. The Bertz CT molecular complexity index is 928. The number of nitrogens with one attached hydrogen (secondary N) is 1. The van der Waals surface area contributed by atoms with Gasteiger partial charge >= 0.3 is 0 Å². The van der Waals surface area contributed by atoms with Gasteiger partial charge in [-0.1, -0.05) is 16.5 Å². The normalized spacial score (nSPS) is 21.7. The first-order valence-corrected chi connectivity index (χ1v) is 7.74. The Hall–Kier alpha value is -2.04. The van der Waals surface area contributed by atoms with Crippen molar-refractivity contribution in [3.8, 4) is 5.75 Å². The minimum absolute atomic E-state index is 0.0716. The Morgan fingerprint density at radius 2 is 2.09 bits per heavy atom. The van der Waals surface area contributed by atoms with Gasteiger partial charge in [-0.05, 0) is 24.3 Å². The van der Waals surface area contributed by atoms with Crippen LogP contribution >= 0.6 is 11.6 Å². The average molecular weight is 345 g/mol. The zero-order chi connectivity index (χ0) is 16.1. The van der Waals surface area contributed by atoms with Crippen LogP contribution in [0.3, 0.4) is 0 Å². The second-order valence-corrected chi connectivity index (χ2v) is 6.68. The van der Waals surface area contributed by atoms with Gasteiger partial charge in [-0.2, -0.15) is 5.21 Å². The number of hydrogen-bond donors (Lipinski definition) is 3. The van der Waals surface area contributed by atoms with Crippen LogP contribution in [0.4, 0.5) is 0 Å². The van der Waals surface area contributed by atoms with E-state index in [1.807, 2.05) is 5.43 Å². The molecule has 2 heterocycles. The van der Waals surface area contributed by atoms with Crippen LogP contribution in [0.2, 0.25) is 5.02 Å². The monoisotopic (exact) mass is 344 g/mol. The molecule has 0 saturated heterocycles. The molecule has 1 aliphatic heterocycles. The molecular formula is C12H9ClN2O6S. The summed E-state index contributed by atoms with van der Waals surface area (Å²) in [6.45, 7) is 0. The Kier molecular flexibility index (Phi) is 3.20. The van der Waals surface area contributed by atoms with Crippen molar-refractivity contribution in [2.45, 2.75) is 5.09 Å². The van der Waals surface area contributed by atoms with E-state index in [0.717, 1.165) is 12.3 Å². The van der Waals surface area contributed by atoms with Gasteiger partial charge in [-0.15, -0.1) is 0 Å². The van der Waals surface area contributed by atoms with Gasteiger partial charge < -0.3 is 14.7 Å². The van der Waals surface area contributed by atoms with Gasteiger partial charge in [-0.25, -0.2) is 13.8 Å². The highest BCUT2D eigenvalue weighted by atomic mass is 35.5. The molecule has 2 aromatic rings. The van der Waals surface area contributed by atoms with E-state index >= 15 is 0 Å². The van der Waals surface area contributed by atoms with Gasteiger partial charge in [0.2, 0.25) is 0 Å². The van der Waals surface area contributed by atoms with E-state index in [1.165, 1.54) is 24.3 Å². The largest absolute Gasteiger partial charge is 0.567 e. The maximum Gasteiger partial charge on any atom is 0.298 e. The van der Waals surface area contributed by atoms with Crippen LogP contribution in [0.15, 0.2) is 51.1 Å². The highest BCUT2D eigenvalue weighted by Crippen LogP contribution is 2.40. The number of allylic oxidation sites excluding steroid dienone is 2. The third kappa shape index (κ3) is 2.16. The molecule has 0 spiro atoms. The molecule has 3 rings (SSSR count). The molecule has 10 heteroatoms. The van der Waals surface area contributed by atoms with Crippen molar-refractivity contribution < 1.29 is 28.1 Å². The molecule has 0 amide bonds. The standard InChI is InChI=1S/C12H9ClN2O6S/c13-7-3-4-9-8(6-7)11(16)12(21-9)22(19,20)10-2-1-5-14-15(10,17)18/h1-6,14,16-17H. The van der Waals surface area contributed by atoms with Gasteiger partial charge in [0.25, 0.3) is 20.0 Å². The van der Waals surface area contributed by atoms with Crippen molar-refractivity contribution in [3.63, 3.8) is 0 Å². The predicted octanol–water partition coefficient (Wildman–Crippen LogP) is 2.14. The second-order valence-electron chi connectivity index (χ2n) is 4.45. The minimum Gasteiger partial charge on any atom is -0.567 e. The lowest BCUT2D eigenvalue weighted by Gasteiger charge is -2.33. The Morgan fingerprint density at radius 3 is 2.77 bits per heavy atom. The Morgan fingerprint density at radius 1 is 1.36 bits per heavy atom. The van der Waals surface area contributed by atoms with Crippen molar-refractivity contribution in [1.82, 2.24) is 5.43 Å². The molecule has 0 radical (unpaired) electrons. The molecule has 1 aromatic heterocycles. The number of nitrogens with zero attached hydrogens (tertiary/aromatic N) is 1. The Balaban J connectivity index is 2.24. The maximum atomic E-state index is 12.5. The molecule has 116 valence electrons. The zero-order valence-corrected chi connectivity index (χ0v) is 12.3. The maximum absolute atomic E-state index is 12.5. The van der Waals surface area contributed by atoms with E-state index in [4.69, 9.17) is 16.0 Å². The van der Waals surface area contributed by atoms with Crippen molar-refractivity contribution >= 4 is 32.4 Å². The number of quaternary nitrogens is 1. The number of aromatic hydroxyl groups is 1. The molecule has 1 unspecified atom stereocenters. The predicted molar refractivity (Wildman–Crippen MR) is 75.8 cm³/mol. The van der Waals surface area contributed by atoms with Gasteiger partial charge in [0.15, 0.2) is 5.75 Å². The second kappa shape index (κ2) is 4.73. The number of hydroxylamine groups is 2. The summed E-state index contributed by atoms with van der Waals surface area (Å²) < 4.78 is 30.1. The molecule has 0 fully saturated rings. The van der Waals surface area contributed by atoms with E-state index in [1.54, 1.807) is 0 Å². The molecule has 8 nitrogen and oxygen atoms in total. The first-order valence-electron chi connectivity index (χ1n) is 5.87. The number of sulfone groups is 1. The molecular weight excluding hydrogens is 336 g/mol. The molecule has 0 bridgehead atoms. The lowest BCUT2D eigenvalue weighted by Crippen LogP contribution is -2.50. The fourth-order valence-electron chi connectivity index (χ4n) is 2.00. The van der Waals surface area contributed by atoms with E-state index in [-0.39, 0.29) is 16.0 Å². The summed E-state index contributed by atoms with van der Waals surface area (Å²) in [7, 11) is -4.58. The number of furan rings is 1. The van der Waals surface area contributed by atoms with E-state index in [0.29, 0.717) is 0 Å². The lowest BCUT2D eigenvalue weighted by atomic mass is 10.2. The fourth-order valence-corrected chi connectivity index (χ4v) is 3.57. The van der Waals surface area contributed by atoms with Crippen molar-refractivity contribution in [3.05, 3.63) is 51.8 Å². The minimum atomic E-state index is -4.58. The first-order chi connectivity index (χ1) is 10.2. The third-order valence-corrected chi connectivity index (χ3v) is 4.93. The number of rotatable bonds is 2. The first kappa shape index (κ1) is 14.9. The summed E-state index contributed by atoms with van der Waals surface area (Å²) in [5.74, 6) is -0.687. The summed E-state index contributed by atoms with van der Waals surface area (Å²) in [6.07, 6.45) is 3.19. The van der Waals surface area contributed by atoms with Crippen LogP contribution in [0, 0.1) is 5.21 Å². The zero-order valence-electron chi connectivity index (χ0n) is 10.7. The summed E-state index contributed by atoms with van der Waals surface area (Å²) in [6, 6.07) is 4.15. The van der Waals surface area contributed by atoms with Gasteiger partial charge in [0.05, 0.1) is 11.6 Å². The molecule has 3 N–H and O–H groups in total. The van der Waals surface area contributed by atoms with E-state index < -0.39 is 30.6 Å². The molecule has 1 aromatic carbocycles. The smallest absolute Gasteiger partial charge is 0.298 e. The van der Waals surface area contributed by atoms with Crippen molar-refractivity contribution in [2.75, 3.05) is 0 Å². The summed E-state index contributed by atoms with van der Waals surface area (Å²) in [5.41, 5.74) is 1.98. The van der Waals surface area contributed by atoms with Crippen LogP contribution in [-0.4, -0.2) is 23.7 Å². The van der Waals surface area contributed by atoms with Crippen molar-refractivity contribution in [2.24, 2.45) is 0 Å². The molecule has 22 heavy (non-hydrogen) atoms. The highest BCUT2D eigenvalue weighted by molar-refractivity contribution is 7.95. The summed E-state index contributed by atoms with van der Waals surface area (Å²) >= 11 is 5.78. The van der Waals surface area contributed by atoms with Crippen LogP contribution < -0.4 is 5.43 Å². The van der Waals surface area contributed by atoms with Gasteiger partial charge in [0.1, 0.15) is 5.58 Å². The SMILES string of the molecule is O=S(=O)(C1=CC=CN[N+]1([O-])O)c1oc2ccc(Cl)cc2c1O. The van der Waals surface area contributed by atoms with Crippen LogP contribution in [0.25, 0.3) is 11.0 Å². The third-order valence-electron chi connectivity index (χ3n) is 3.00. The number of hydrogen-bond acceptors (Lipinski definition) is 7. The van der Waals surface area contributed by atoms with E-state index in [9.17, 15) is 23.9 Å². The lowest BCUT2D eigenvalue weighted by molar-refractivity contribution is -1.06. The number of benzene rings is 1. The molecule has 0 aliphatic carbocycles. The van der Waals surface area contributed by atoms with Gasteiger partial charge in [-0.3, -0.25) is 0 Å². The van der Waals surface area contributed by atoms with Crippen LogP contribution in [0.5, 0.6) is 5.75 Å². The number of halogens is 1. The quantitative estimate of drug-likeness (QED) is 0.563. The molecule has 1 atom stereocenters. The number of fused-ring (bicyclic) bond motifs is 1. The molecule has 0 saturated carbocycles. The highest BCUT2D eigenvalue weighted by Gasteiger charge is 2.41. The van der Waals surface area contributed by atoms with Crippen LogP contribution in [-0.2, 0) is 9.84 Å². The van der Waals surface area contributed by atoms with Crippen LogP contribution in [0.1, 0.15) is 0 Å². The molecule has 1 aliphatic rings. The topological polar surface area (TPSA) is 123 Å². The fraction of sp³-hybridized carbons (Fsp3) is 0. The Labute approximate surface area is 129 Å². The summed E-state index contributed by atoms with van der Waals surface area (Å²) in [4.78, 5) is -2.35. The van der Waals surface area contributed by atoms with Crippen molar-refractivity contribution in [1.29, 1.82) is 0 Å².